The molecule has 1 aliphatic heterocycles. The summed E-state index contributed by atoms with van der Waals surface area (Å²) in [4.78, 5) is 9.67. The van der Waals surface area contributed by atoms with Gasteiger partial charge in [-0.25, -0.2) is 4.21 Å². The molecule has 3 heterocycles. The number of halogens is 1. The molecular formula is C25H23ClN4OS2. The van der Waals surface area contributed by atoms with Crippen LogP contribution in [0.25, 0.3) is 22.2 Å². The summed E-state index contributed by atoms with van der Waals surface area (Å²) < 4.78 is 18.5. The first-order valence-electron chi connectivity index (χ1n) is 10.9. The summed E-state index contributed by atoms with van der Waals surface area (Å²) in [5, 5.41) is 1.50. The molecule has 1 saturated heterocycles. The van der Waals surface area contributed by atoms with Crippen LogP contribution >= 0.6 is 23.5 Å². The third kappa shape index (κ3) is 5.00. The van der Waals surface area contributed by atoms with E-state index >= 15 is 0 Å². The molecule has 2 aromatic carbocycles. The van der Waals surface area contributed by atoms with Crippen molar-refractivity contribution in [3.63, 3.8) is 0 Å². The van der Waals surface area contributed by atoms with Gasteiger partial charge in [-0.2, -0.15) is 0 Å². The van der Waals surface area contributed by atoms with Gasteiger partial charge in [0.1, 0.15) is 11.0 Å². The summed E-state index contributed by atoms with van der Waals surface area (Å²) in [5.41, 5.74) is 4.24. The predicted molar refractivity (Wildman–Crippen MR) is 140 cm³/mol. The third-order valence-corrected chi connectivity index (χ3v) is 8.18. The van der Waals surface area contributed by atoms with Crippen molar-refractivity contribution >= 4 is 56.8 Å². The molecular weight excluding hydrogens is 472 g/mol. The van der Waals surface area contributed by atoms with E-state index in [9.17, 15) is 4.21 Å². The number of hydrogen-bond donors (Lipinski definition) is 1. The van der Waals surface area contributed by atoms with Crippen molar-refractivity contribution < 1.29 is 4.21 Å². The molecule has 2 aromatic heterocycles. The maximum absolute atomic E-state index is 13.0. The molecule has 0 amide bonds. The third-order valence-electron chi connectivity index (χ3n) is 5.55. The number of nitrogens with zero attached hydrogens (tertiary/aromatic N) is 3. The number of pyridine rings is 2. The van der Waals surface area contributed by atoms with E-state index < -0.39 is 11.0 Å². The zero-order valence-electron chi connectivity index (χ0n) is 17.9. The van der Waals surface area contributed by atoms with Crippen LogP contribution in [0.5, 0.6) is 0 Å². The summed E-state index contributed by atoms with van der Waals surface area (Å²) in [6, 6.07) is 19.2. The van der Waals surface area contributed by atoms with Crippen LogP contribution in [0.2, 0.25) is 5.02 Å². The highest BCUT2D eigenvalue weighted by molar-refractivity contribution is 8.00. The summed E-state index contributed by atoms with van der Waals surface area (Å²) >= 11 is 8.39. The van der Waals surface area contributed by atoms with Gasteiger partial charge in [-0.3, -0.25) is 9.97 Å². The van der Waals surface area contributed by atoms with E-state index in [0.717, 1.165) is 45.0 Å². The number of hydrogen-bond acceptors (Lipinski definition) is 5. The zero-order chi connectivity index (χ0) is 22.6. The van der Waals surface area contributed by atoms with Gasteiger partial charge in [-0.1, -0.05) is 18.0 Å². The lowest BCUT2D eigenvalue weighted by Crippen LogP contribution is -2.14. The summed E-state index contributed by atoms with van der Waals surface area (Å²) in [6.07, 6.45) is 7.24. The van der Waals surface area contributed by atoms with Crippen molar-refractivity contribution in [3.05, 3.63) is 78.1 Å². The number of fused-ring (bicyclic) bond motifs is 1. The number of benzene rings is 2. The first-order chi connectivity index (χ1) is 16.2. The normalized spacial score (nSPS) is 15.2. The second kappa shape index (κ2) is 10.1. The zero-order valence-corrected chi connectivity index (χ0v) is 20.3. The van der Waals surface area contributed by atoms with Gasteiger partial charge in [0, 0.05) is 47.0 Å². The molecule has 5 nitrogen and oxygen atoms in total. The Kier molecular flexibility index (Phi) is 6.80. The average molecular weight is 495 g/mol. The van der Waals surface area contributed by atoms with Gasteiger partial charge in [0.05, 0.1) is 21.1 Å². The van der Waals surface area contributed by atoms with Crippen LogP contribution in [-0.4, -0.2) is 26.5 Å². The van der Waals surface area contributed by atoms with Crippen LogP contribution < -0.4 is 9.03 Å². The lowest BCUT2D eigenvalue weighted by atomic mass is 10.1. The molecule has 1 fully saturated rings. The maximum atomic E-state index is 13.0. The van der Waals surface area contributed by atoms with Crippen LogP contribution in [0, 0.1) is 0 Å². The fourth-order valence-electron chi connectivity index (χ4n) is 3.87. The van der Waals surface area contributed by atoms with Crippen LogP contribution in [-0.2, 0) is 11.0 Å². The molecule has 1 aliphatic rings. The van der Waals surface area contributed by atoms with E-state index in [1.54, 1.807) is 18.5 Å². The minimum Gasteiger partial charge on any atom is -0.316 e. The van der Waals surface area contributed by atoms with Crippen molar-refractivity contribution in [2.45, 2.75) is 24.2 Å². The van der Waals surface area contributed by atoms with E-state index in [-0.39, 0.29) is 0 Å². The van der Waals surface area contributed by atoms with E-state index in [2.05, 4.69) is 19.0 Å². The predicted octanol–water partition coefficient (Wildman–Crippen LogP) is 6.72. The number of rotatable bonds is 5. The summed E-state index contributed by atoms with van der Waals surface area (Å²) in [7, 11) is -1.40. The second-order valence-corrected chi connectivity index (χ2v) is 10.5. The van der Waals surface area contributed by atoms with Gasteiger partial charge >= 0.3 is 0 Å². The molecule has 8 heteroatoms. The Morgan fingerprint density at radius 2 is 1.85 bits per heavy atom. The van der Waals surface area contributed by atoms with Gasteiger partial charge in [-0.05, 0) is 85.5 Å². The Bertz CT molecular complexity index is 1290. The Balaban J connectivity index is 1.37. The van der Waals surface area contributed by atoms with E-state index in [0.29, 0.717) is 10.7 Å². The highest BCUT2D eigenvalue weighted by Gasteiger charge is 2.14. The Labute approximate surface area is 205 Å². The minimum absolute atomic E-state index is 0.578. The first-order valence-corrected chi connectivity index (χ1v) is 13.3. The topological polar surface area (TPSA) is 58.1 Å². The molecule has 0 spiro atoms. The Morgan fingerprint density at radius 3 is 2.73 bits per heavy atom. The van der Waals surface area contributed by atoms with E-state index in [1.807, 2.05) is 66.5 Å². The minimum atomic E-state index is -1.40. The van der Waals surface area contributed by atoms with Gasteiger partial charge in [0.25, 0.3) is 0 Å². The molecule has 0 saturated carbocycles. The van der Waals surface area contributed by atoms with Crippen LogP contribution in [0.15, 0.2) is 78.0 Å². The number of nitrogens with one attached hydrogen (secondary N) is 1. The molecule has 33 heavy (non-hydrogen) atoms. The van der Waals surface area contributed by atoms with Crippen LogP contribution in [0.4, 0.5) is 11.4 Å². The average Bonchev–Trinajstić information content (AvgIpc) is 3.15. The molecule has 0 radical (unpaired) electrons. The van der Waals surface area contributed by atoms with Crippen molar-refractivity contribution in [2.24, 2.45) is 0 Å². The largest absolute Gasteiger partial charge is 0.316 e. The quantitative estimate of drug-likeness (QED) is 0.312. The SMILES string of the molecule is O=S(Nc1ccc(Cl)c(-c2nccc3ncccc23)c1)c1ccc(N2CCCCCS2)cc1. The fraction of sp³-hybridized carbons (Fsp3) is 0.200. The Morgan fingerprint density at radius 1 is 0.970 bits per heavy atom. The summed E-state index contributed by atoms with van der Waals surface area (Å²) in [5.74, 6) is 1.15. The lowest BCUT2D eigenvalue weighted by Gasteiger charge is -2.21. The molecule has 1 atom stereocenters. The maximum Gasteiger partial charge on any atom is 0.150 e. The van der Waals surface area contributed by atoms with Crippen molar-refractivity contribution in [1.82, 2.24) is 9.97 Å². The second-order valence-electron chi connectivity index (χ2n) is 7.78. The molecule has 0 aliphatic carbocycles. The number of aromatic nitrogens is 2. The van der Waals surface area contributed by atoms with E-state index in [1.165, 1.54) is 19.3 Å². The van der Waals surface area contributed by atoms with Gasteiger partial charge < -0.3 is 9.03 Å². The van der Waals surface area contributed by atoms with Crippen molar-refractivity contribution in [1.29, 1.82) is 0 Å². The van der Waals surface area contributed by atoms with E-state index in [4.69, 9.17) is 11.6 Å². The van der Waals surface area contributed by atoms with Gasteiger partial charge in [0.2, 0.25) is 0 Å². The summed E-state index contributed by atoms with van der Waals surface area (Å²) in [6.45, 7) is 1.05. The van der Waals surface area contributed by atoms with Crippen molar-refractivity contribution in [3.8, 4) is 11.3 Å². The lowest BCUT2D eigenvalue weighted by molar-refractivity contribution is 0.686. The highest BCUT2D eigenvalue weighted by Crippen LogP contribution is 2.34. The van der Waals surface area contributed by atoms with Crippen molar-refractivity contribution in [2.75, 3.05) is 21.3 Å². The molecule has 168 valence electrons. The van der Waals surface area contributed by atoms with Crippen LogP contribution in [0.3, 0.4) is 0 Å². The Hall–Kier alpha value is -2.61. The monoisotopic (exact) mass is 494 g/mol. The molecule has 1 unspecified atom stereocenters. The number of anilines is 2. The first kappa shape index (κ1) is 22.2. The smallest absolute Gasteiger partial charge is 0.150 e. The molecule has 5 rings (SSSR count). The standard InChI is InChI=1S/C25H23ClN4OS2/c26-23-11-6-18(17-22(23)25-21-5-4-13-27-24(21)12-14-28-25)29-33(31)20-9-7-19(8-10-20)30-15-2-1-3-16-32-30/h4-14,17,29H,1-3,15-16H2. The van der Waals surface area contributed by atoms with Crippen LogP contribution in [0.1, 0.15) is 19.3 Å². The molecule has 1 N–H and O–H groups in total. The van der Waals surface area contributed by atoms with Gasteiger partial charge in [-0.15, -0.1) is 0 Å². The highest BCUT2D eigenvalue weighted by atomic mass is 35.5. The van der Waals surface area contributed by atoms with Gasteiger partial charge in [0.15, 0.2) is 0 Å². The molecule has 4 aromatic rings. The fourth-order valence-corrected chi connectivity index (χ4v) is 6.00. The molecule has 0 bridgehead atoms.